The molecule has 1 aromatic carbocycles. The molecule has 0 bridgehead atoms. The van der Waals surface area contributed by atoms with Gasteiger partial charge in [-0.15, -0.1) is 0 Å². The van der Waals surface area contributed by atoms with Crippen molar-refractivity contribution in [2.45, 2.75) is 26.8 Å². The number of carbonyl (C=O) groups excluding carboxylic acids is 1. The molecule has 2 rings (SSSR count). The molecular weight excluding hydrogens is 274 g/mol. The topological polar surface area (TPSA) is 42.0 Å². The van der Waals surface area contributed by atoms with Gasteiger partial charge >= 0.3 is 0 Å². The summed E-state index contributed by atoms with van der Waals surface area (Å²) in [7, 11) is 0. The van der Waals surface area contributed by atoms with Crippen LogP contribution >= 0.6 is 0 Å². The van der Waals surface area contributed by atoms with Gasteiger partial charge < -0.3 is 5.32 Å². The molecule has 0 fully saturated rings. The Hall–Kier alpha value is -2.30. The number of hydrogen-bond acceptors (Lipinski definition) is 2. The third-order valence-electron chi connectivity index (χ3n) is 3.33. The Bertz CT molecular complexity index is 686. The van der Waals surface area contributed by atoms with E-state index in [-0.39, 0.29) is 11.6 Å². The summed E-state index contributed by atoms with van der Waals surface area (Å²) in [5, 5.41) is 2.67. The molecule has 0 aliphatic heterocycles. The van der Waals surface area contributed by atoms with E-state index in [0.717, 1.165) is 29.0 Å². The molecule has 0 saturated carbocycles. The van der Waals surface area contributed by atoms with E-state index in [4.69, 9.17) is 0 Å². The number of amides is 1. The van der Waals surface area contributed by atoms with Gasteiger partial charge in [0.25, 0.3) is 5.91 Å². The Balaban J connectivity index is 2.21. The first-order valence-electron chi connectivity index (χ1n) is 6.58. The van der Waals surface area contributed by atoms with Crippen molar-refractivity contribution in [3.63, 3.8) is 0 Å². The summed E-state index contributed by atoms with van der Waals surface area (Å²) >= 11 is 0. The molecule has 1 heterocycles. The van der Waals surface area contributed by atoms with Gasteiger partial charge in [-0.05, 0) is 38.0 Å². The second kappa shape index (κ2) is 5.99. The predicted molar refractivity (Wildman–Crippen MR) is 76.0 cm³/mol. The first-order chi connectivity index (χ1) is 9.90. The van der Waals surface area contributed by atoms with E-state index < -0.39 is 17.7 Å². The minimum Gasteiger partial charge on any atom is -0.345 e. The highest BCUT2D eigenvalue weighted by Crippen LogP contribution is 2.19. The molecule has 21 heavy (non-hydrogen) atoms. The van der Waals surface area contributed by atoms with Crippen LogP contribution in [0.4, 0.5) is 8.78 Å². The highest BCUT2D eigenvalue weighted by molar-refractivity contribution is 5.94. The molecule has 1 aromatic heterocycles. The van der Waals surface area contributed by atoms with Crippen LogP contribution in [0.2, 0.25) is 0 Å². The molecule has 0 aliphatic carbocycles. The second-order valence-electron chi connectivity index (χ2n) is 5.02. The lowest BCUT2D eigenvalue weighted by molar-refractivity contribution is 0.0934. The Labute approximate surface area is 122 Å². The average molecular weight is 290 g/mol. The Morgan fingerprint density at radius 3 is 2.62 bits per heavy atom. The van der Waals surface area contributed by atoms with Gasteiger partial charge in [-0.2, -0.15) is 4.39 Å². The zero-order valence-electron chi connectivity index (χ0n) is 12.1. The third-order valence-corrected chi connectivity index (χ3v) is 3.33. The van der Waals surface area contributed by atoms with Crippen molar-refractivity contribution in [1.29, 1.82) is 0 Å². The van der Waals surface area contributed by atoms with Gasteiger partial charge in [0.1, 0.15) is 0 Å². The maximum atomic E-state index is 13.5. The minimum atomic E-state index is -1.28. The summed E-state index contributed by atoms with van der Waals surface area (Å²) in [5.74, 6) is -3.18. The molecule has 0 saturated heterocycles. The van der Waals surface area contributed by atoms with Crippen molar-refractivity contribution in [3.05, 3.63) is 64.5 Å². The number of hydrogen-bond donors (Lipinski definition) is 1. The van der Waals surface area contributed by atoms with Crippen LogP contribution in [-0.4, -0.2) is 10.9 Å². The lowest BCUT2D eigenvalue weighted by Gasteiger charge is -2.17. The molecule has 3 nitrogen and oxygen atoms in total. The van der Waals surface area contributed by atoms with Crippen molar-refractivity contribution in [2.24, 2.45) is 0 Å². The molecule has 2 aromatic rings. The Morgan fingerprint density at radius 2 is 1.95 bits per heavy atom. The van der Waals surface area contributed by atoms with Gasteiger partial charge in [0.15, 0.2) is 5.82 Å². The van der Waals surface area contributed by atoms with Gasteiger partial charge in [-0.3, -0.25) is 4.79 Å². The number of rotatable bonds is 3. The van der Waals surface area contributed by atoms with E-state index in [1.54, 1.807) is 6.92 Å². The first-order valence-corrected chi connectivity index (χ1v) is 6.58. The van der Waals surface area contributed by atoms with Gasteiger partial charge in [0.05, 0.1) is 11.6 Å². The van der Waals surface area contributed by atoms with E-state index >= 15 is 0 Å². The number of nitrogens with zero attached hydrogens (tertiary/aromatic N) is 1. The zero-order valence-corrected chi connectivity index (χ0v) is 12.1. The summed E-state index contributed by atoms with van der Waals surface area (Å²) in [4.78, 5) is 15.2. The maximum absolute atomic E-state index is 13.5. The van der Waals surface area contributed by atoms with Crippen LogP contribution in [-0.2, 0) is 0 Å². The normalized spacial score (nSPS) is 12.0. The molecule has 1 N–H and O–H groups in total. The summed E-state index contributed by atoms with van der Waals surface area (Å²) in [6.07, 6.45) is 1.06. The van der Waals surface area contributed by atoms with Crippen LogP contribution in [0.3, 0.4) is 0 Å². The Kier molecular flexibility index (Phi) is 4.31. The molecule has 0 spiro atoms. The summed E-state index contributed by atoms with van der Waals surface area (Å²) < 4.78 is 26.6. The fraction of sp³-hybridized carbons (Fsp3) is 0.250. The van der Waals surface area contributed by atoms with E-state index in [9.17, 15) is 13.6 Å². The van der Waals surface area contributed by atoms with E-state index in [1.165, 1.54) is 0 Å². The first kappa shape index (κ1) is 15.1. The molecule has 1 atom stereocenters. The average Bonchev–Trinajstić information content (AvgIpc) is 2.41. The van der Waals surface area contributed by atoms with Crippen LogP contribution in [0, 0.1) is 25.6 Å². The fourth-order valence-corrected chi connectivity index (χ4v) is 2.26. The molecule has 0 aliphatic rings. The largest absolute Gasteiger partial charge is 0.345 e. The molecule has 110 valence electrons. The lowest BCUT2D eigenvalue weighted by Crippen LogP contribution is -2.28. The summed E-state index contributed by atoms with van der Waals surface area (Å²) in [5.41, 5.74) is 2.74. The van der Waals surface area contributed by atoms with Crippen molar-refractivity contribution in [1.82, 2.24) is 10.3 Å². The Morgan fingerprint density at radius 1 is 1.24 bits per heavy atom. The number of aromatic nitrogens is 1. The number of pyridine rings is 1. The van der Waals surface area contributed by atoms with Crippen LogP contribution in [0.15, 0.2) is 30.5 Å². The maximum Gasteiger partial charge on any atom is 0.254 e. The summed E-state index contributed by atoms with van der Waals surface area (Å²) in [6.45, 7) is 5.72. The number of carbonyl (C=O) groups is 1. The fourth-order valence-electron chi connectivity index (χ4n) is 2.26. The summed E-state index contributed by atoms with van der Waals surface area (Å²) in [6, 6.07) is 6.71. The van der Waals surface area contributed by atoms with Crippen LogP contribution in [0.5, 0.6) is 0 Å². The van der Waals surface area contributed by atoms with Crippen molar-refractivity contribution in [2.75, 3.05) is 0 Å². The van der Waals surface area contributed by atoms with E-state index in [0.29, 0.717) is 0 Å². The van der Waals surface area contributed by atoms with E-state index in [1.807, 2.05) is 32.0 Å². The third kappa shape index (κ3) is 3.24. The molecule has 0 radical (unpaired) electrons. The smallest absolute Gasteiger partial charge is 0.254 e. The lowest BCUT2D eigenvalue weighted by atomic mass is 10.00. The standard InChI is InChI=1S/C16H16F2N2O/c1-9-4-5-12(10(2)8-9)11(3)20-16(21)13-6-7-19-15(18)14(13)17/h4-8,11H,1-3H3,(H,20,21). The van der Waals surface area contributed by atoms with Gasteiger partial charge in [-0.1, -0.05) is 23.8 Å². The minimum absolute atomic E-state index is 0.311. The molecule has 1 amide bonds. The van der Waals surface area contributed by atoms with Crippen molar-refractivity contribution < 1.29 is 13.6 Å². The van der Waals surface area contributed by atoms with E-state index in [2.05, 4.69) is 10.3 Å². The van der Waals surface area contributed by atoms with Crippen LogP contribution in [0.1, 0.15) is 40.0 Å². The van der Waals surface area contributed by atoms with Crippen molar-refractivity contribution in [3.8, 4) is 0 Å². The SMILES string of the molecule is Cc1ccc(C(C)NC(=O)c2ccnc(F)c2F)c(C)c1. The highest BCUT2D eigenvalue weighted by atomic mass is 19.2. The highest BCUT2D eigenvalue weighted by Gasteiger charge is 2.18. The molecule has 5 heteroatoms. The number of aryl methyl sites for hydroxylation is 2. The van der Waals surface area contributed by atoms with Crippen molar-refractivity contribution >= 4 is 5.91 Å². The number of nitrogens with one attached hydrogen (secondary N) is 1. The number of benzene rings is 1. The van der Waals surface area contributed by atoms with Gasteiger partial charge in [0.2, 0.25) is 5.95 Å². The van der Waals surface area contributed by atoms with Gasteiger partial charge in [-0.25, -0.2) is 9.37 Å². The second-order valence-corrected chi connectivity index (χ2v) is 5.02. The zero-order chi connectivity index (χ0) is 15.6. The quantitative estimate of drug-likeness (QED) is 0.879. The van der Waals surface area contributed by atoms with Gasteiger partial charge in [0, 0.05) is 6.20 Å². The van der Waals surface area contributed by atoms with Crippen LogP contribution < -0.4 is 5.32 Å². The monoisotopic (exact) mass is 290 g/mol. The predicted octanol–water partition coefficient (Wildman–Crippen LogP) is 3.47. The van der Waals surface area contributed by atoms with Crippen LogP contribution in [0.25, 0.3) is 0 Å². The molecular formula is C16H16F2N2O. The number of halogens is 2. The molecule has 1 unspecified atom stereocenters.